The number of rotatable bonds is 6. The van der Waals surface area contributed by atoms with Crippen LogP contribution in [0.25, 0.3) is 69.7 Å². The van der Waals surface area contributed by atoms with Gasteiger partial charge in [-0.25, -0.2) is 0 Å². The molecule has 0 bridgehead atoms. The van der Waals surface area contributed by atoms with Crippen molar-refractivity contribution >= 4 is 104 Å². The average molecular weight is 837 g/mol. The Hall–Kier alpha value is -7.46. The second-order valence-electron chi connectivity index (χ2n) is 17.9. The number of allylic oxidation sites excluding steroid dienone is 1. The summed E-state index contributed by atoms with van der Waals surface area (Å²) < 4.78 is 2.53. The van der Waals surface area contributed by atoms with Crippen LogP contribution >= 0.6 is 11.3 Å². The van der Waals surface area contributed by atoms with Gasteiger partial charge in [-0.1, -0.05) is 153 Å². The van der Waals surface area contributed by atoms with E-state index >= 15 is 0 Å². The highest BCUT2D eigenvalue weighted by Crippen LogP contribution is 2.54. The maximum Gasteiger partial charge on any atom is 0.0718 e. The maximum atomic E-state index is 2.55. The minimum atomic E-state index is -0.0882. The van der Waals surface area contributed by atoms with E-state index in [1.54, 1.807) is 0 Å². The first-order valence-corrected chi connectivity index (χ1v) is 23.3. The number of thiophene rings is 1. The van der Waals surface area contributed by atoms with Gasteiger partial charge in [0, 0.05) is 49.0 Å². The van der Waals surface area contributed by atoms with Crippen molar-refractivity contribution in [3.63, 3.8) is 0 Å². The second-order valence-corrected chi connectivity index (χ2v) is 19.0. The molecule has 0 aliphatic heterocycles. The molecule has 0 atom stereocenters. The zero-order valence-corrected chi connectivity index (χ0v) is 36.7. The molecule has 10 aromatic carbocycles. The molecular weight excluding hydrogens is 793 g/mol. The van der Waals surface area contributed by atoms with Gasteiger partial charge in [0.1, 0.15) is 0 Å². The van der Waals surface area contributed by atoms with Crippen molar-refractivity contribution in [3.8, 4) is 11.1 Å². The predicted octanol–water partition coefficient (Wildman–Crippen LogP) is 17.7. The molecule has 1 heterocycles. The van der Waals surface area contributed by atoms with Crippen molar-refractivity contribution in [1.29, 1.82) is 0 Å². The fourth-order valence-electron chi connectivity index (χ4n) is 11.1. The van der Waals surface area contributed by atoms with E-state index in [-0.39, 0.29) is 5.41 Å². The van der Waals surface area contributed by atoms with Crippen molar-refractivity contribution < 1.29 is 0 Å². The highest BCUT2D eigenvalue weighted by Gasteiger charge is 2.36. The lowest BCUT2D eigenvalue weighted by atomic mass is 9.82. The number of anilines is 6. The lowest BCUT2D eigenvalue weighted by Gasteiger charge is -2.29. The Bertz CT molecular complexity index is 3670. The Morgan fingerprint density at radius 1 is 0.469 bits per heavy atom. The number of hydrogen-bond acceptors (Lipinski definition) is 3. The molecule has 64 heavy (non-hydrogen) atoms. The third kappa shape index (κ3) is 5.50. The van der Waals surface area contributed by atoms with Crippen LogP contribution in [0, 0.1) is 0 Å². The molecular formula is C61H44N2S. The van der Waals surface area contributed by atoms with Crippen LogP contribution in [0.3, 0.4) is 0 Å². The number of benzene rings is 10. The summed E-state index contributed by atoms with van der Waals surface area (Å²) in [6.45, 7) is 4.74. The summed E-state index contributed by atoms with van der Waals surface area (Å²) in [6.07, 6.45) is 6.85. The molecule has 2 aliphatic rings. The minimum Gasteiger partial charge on any atom is -0.310 e. The van der Waals surface area contributed by atoms with E-state index in [9.17, 15) is 0 Å². The zero-order valence-electron chi connectivity index (χ0n) is 35.8. The quantitative estimate of drug-likeness (QED) is 0.154. The first-order valence-electron chi connectivity index (χ1n) is 22.5. The van der Waals surface area contributed by atoms with E-state index in [1.165, 1.54) is 97.2 Å². The van der Waals surface area contributed by atoms with Crippen molar-refractivity contribution in [2.24, 2.45) is 0 Å². The molecule has 3 heteroatoms. The lowest BCUT2D eigenvalue weighted by Crippen LogP contribution is -2.15. The molecule has 0 spiro atoms. The highest BCUT2D eigenvalue weighted by atomic mass is 32.1. The average Bonchev–Trinajstić information content (AvgIpc) is 3.84. The molecule has 0 fully saturated rings. The Kier molecular flexibility index (Phi) is 8.29. The van der Waals surface area contributed by atoms with Gasteiger partial charge in [0.2, 0.25) is 0 Å². The van der Waals surface area contributed by atoms with Crippen molar-refractivity contribution in [2.45, 2.75) is 32.1 Å². The molecule has 0 N–H and O–H groups in total. The van der Waals surface area contributed by atoms with Crippen LogP contribution in [-0.2, 0) is 11.8 Å². The van der Waals surface area contributed by atoms with E-state index < -0.39 is 0 Å². The fourth-order valence-corrected chi connectivity index (χ4v) is 12.4. The van der Waals surface area contributed by atoms with Gasteiger partial charge in [-0.2, -0.15) is 0 Å². The van der Waals surface area contributed by atoms with Crippen LogP contribution < -0.4 is 9.80 Å². The van der Waals surface area contributed by atoms with Crippen LogP contribution in [0.15, 0.2) is 200 Å². The van der Waals surface area contributed by atoms with E-state index in [0.29, 0.717) is 0 Å². The van der Waals surface area contributed by atoms with Crippen LogP contribution in [0.1, 0.15) is 42.5 Å². The standard InChI is InChI=1S/C61H44N2S/c1-61(2)54-29-16-15-28-50(54)52-38-43(33-35-55(52)61)62(42-32-34-49-47-26-12-11-24-45(47)46-25-13-14-27-48(46)51(49)37-42)56-30-17-31-57-58(56)53-36-39-18-9-10-23-44(39)59(60(53)64-57)63(40-19-5-3-6-20-40)41-21-7-4-8-22-41/h3-12,14-24,26-38H,13,25H2,1-2H3. The molecule has 2 aliphatic carbocycles. The van der Waals surface area contributed by atoms with E-state index in [4.69, 9.17) is 0 Å². The summed E-state index contributed by atoms with van der Waals surface area (Å²) in [6, 6.07) is 72.4. The van der Waals surface area contributed by atoms with Crippen molar-refractivity contribution in [1.82, 2.24) is 0 Å². The van der Waals surface area contributed by atoms with Gasteiger partial charge in [-0.15, -0.1) is 11.3 Å². The van der Waals surface area contributed by atoms with Gasteiger partial charge in [0.15, 0.2) is 0 Å². The van der Waals surface area contributed by atoms with E-state index in [1.807, 2.05) is 11.3 Å². The third-order valence-corrected chi connectivity index (χ3v) is 15.2. The summed E-state index contributed by atoms with van der Waals surface area (Å²) in [7, 11) is 0. The molecule has 2 nitrogen and oxygen atoms in total. The van der Waals surface area contributed by atoms with Gasteiger partial charge in [-0.3, -0.25) is 0 Å². The lowest BCUT2D eigenvalue weighted by molar-refractivity contribution is 0.660. The number of para-hydroxylation sites is 2. The van der Waals surface area contributed by atoms with E-state index in [0.717, 1.165) is 35.6 Å². The van der Waals surface area contributed by atoms with Crippen LogP contribution in [-0.4, -0.2) is 0 Å². The number of fused-ring (bicyclic) bond motifs is 13. The van der Waals surface area contributed by atoms with Crippen LogP contribution in [0.5, 0.6) is 0 Å². The molecule has 13 rings (SSSR count). The van der Waals surface area contributed by atoms with Crippen LogP contribution in [0.4, 0.5) is 34.1 Å². The third-order valence-electron chi connectivity index (χ3n) is 14.0. The number of aryl methyl sites for hydroxylation is 1. The van der Waals surface area contributed by atoms with Gasteiger partial charge in [0.25, 0.3) is 0 Å². The van der Waals surface area contributed by atoms with Crippen molar-refractivity contribution in [3.05, 3.63) is 222 Å². The minimum absolute atomic E-state index is 0.0882. The smallest absolute Gasteiger partial charge is 0.0718 e. The first-order chi connectivity index (χ1) is 31.5. The molecule has 0 radical (unpaired) electrons. The monoisotopic (exact) mass is 836 g/mol. The Morgan fingerprint density at radius 3 is 1.94 bits per heavy atom. The second kappa shape index (κ2) is 14.3. The van der Waals surface area contributed by atoms with E-state index in [2.05, 4.69) is 230 Å². The summed E-state index contributed by atoms with van der Waals surface area (Å²) in [5, 5.41) is 10.3. The summed E-state index contributed by atoms with van der Waals surface area (Å²) in [5.41, 5.74) is 15.1. The highest BCUT2D eigenvalue weighted by molar-refractivity contribution is 7.26. The van der Waals surface area contributed by atoms with Gasteiger partial charge < -0.3 is 9.80 Å². The molecule has 0 amide bonds. The normalized spacial score (nSPS) is 13.7. The van der Waals surface area contributed by atoms with Gasteiger partial charge in [-0.05, 0) is 140 Å². The molecule has 11 aromatic rings. The Morgan fingerprint density at radius 2 is 1.12 bits per heavy atom. The number of nitrogens with zero attached hydrogens (tertiary/aromatic N) is 2. The fraction of sp³-hybridized carbons (Fsp3) is 0.0820. The summed E-state index contributed by atoms with van der Waals surface area (Å²) in [4.78, 5) is 5.01. The maximum absolute atomic E-state index is 2.55. The predicted molar refractivity (Wildman–Crippen MR) is 276 cm³/mol. The summed E-state index contributed by atoms with van der Waals surface area (Å²) in [5.74, 6) is 0. The van der Waals surface area contributed by atoms with Gasteiger partial charge in [0.05, 0.1) is 16.1 Å². The molecule has 304 valence electrons. The molecule has 0 unspecified atom stereocenters. The van der Waals surface area contributed by atoms with Crippen molar-refractivity contribution in [2.75, 3.05) is 9.80 Å². The molecule has 0 saturated heterocycles. The van der Waals surface area contributed by atoms with Crippen LogP contribution in [0.2, 0.25) is 0 Å². The zero-order chi connectivity index (χ0) is 42.5. The Balaban J connectivity index is 1.12. The number of hydrogen-bond donors (Lipinski definition) is 0. The Labute approximate surface area is 377 Å². The summed E-state index contributed by atoms with van der Waals surface area (Å²) >= 11 is 1.90. The van der Waals surface area contributed by atoms with Gasteiger partial charge >= 0.3 is 0 Å². The topological polar surface area (TPSA) is 6.48 Å². The molecule has 0 saturated carbocycles. The molecule has 1 aromatic heterocycles. The largest absolute Gasteiger partial charge is 0.310 e. The SMILES string of the molecule is CC1(C)c2ccccc2-c2cc(N(c3ccc4c(c3)c3c(c5ccccc54)CCC=C3)c3cccc4sc5c(N(c6ccccc6)c6ccccc6)c6ccccc6cc5c34)ccc21. The first kappa shape index (κ1) is 37.1.